The average Bonchev–Trinajstić information content (AvgIpc) is 2.76. The van der Waals surface area contributed by atoms with Gasteiger partial charge >= 0.3 is 5.97 Å². The standard InChI is InChI=1S/C13H8ClN3O4/c14-5-1-2-6-7(3-5)15-13(21)11-10(12(6)20)8(16-17-11)4-9(18)19/h1-3H,4H2,(H,15,21)(H,16,17)(H,18,19). The number of nitrogens with one attached hydrogen (secondary N) is 2. The monoisotopic (exact) mass is 305 g/mol. The molecule has 0 radical (unpaired) electrons. The fraction of sp³-hybridized carbons (Fsp3) is 0.0769. The van der Waals surface area contributed by atoms with Crippen LogP contribution in [-0.4, -0.2) is 26.3 Å². The molecule has 0 aliphatic carbocycles. The second-order valence-corrected chi connectivity index (χ2v) is 4.90. The molecule has 0 fully saturated rings. The van der Waals surface area contributed by atoms with E-state index in [-0.39, 0.29) is 27.5 Å². The van der Waals surface area contributed by atoms with Crippen LogP contribution >= 0.6 is 11.6 Å². The normalized spacial score (nSPS) is 11.1. The molecule has 0 aliphatic rings. The zero-order valence-corrected chi connectivity index (χ0v) is 11.2. The fourth-order valence-electron chi connectivity index (χ4n) is 2.20. The van der Waals surface area contributed by atoms with Crippen LogP contribution in [0.1, 0.15) is 5.69 Å². The van der Waals surface area contributed by atoms with Crippen LogP contribution in [0.5, 0.6) is 0 Å². The van der Waals surface area contributed by atoms with Crippen molar-refractivity contribution >= 4 is 39.4 Å². The van der Waals surface area contributed by atoms with Gasteiger partial charge in [0.05, 0.1) is 23.0 Å². The van der Waals surface area contributed by atoms with Gasteiger partial charge in [-0.2, -0.15) is 5.10 Å². The fourth-order valence-corrected chi connectivity index (χ4v) is 2.37. The Morgan fingerprint density at radius 2 is 2.10 bits per heavy atom. The number of carbonyl (C=O) groups is 1. The van der Waals surface area contributed by atoms with E-state index in [0.29, 0.717) is 5.02 Å². The number of nitrogens with zero attached hydrogens (tertiary/aromatic N) is 1. The molecule has 2 heterocycles. The number of hydrogen-bond donors (Lipinski definition) is 3. The summed E-state index contributed by atoms with van der Waals surface area (Å²) in [6, 6.07) is 4.46. The lowest BCUT2D eigenvalue weighted by atomic mass is 10.1. The molecule has 0 amide bonds. The SMILES string of the molecule is O=C(O)Cc1n[nH]c2c(=O)[nH]c3cc(Cl)ccc3c(=O)c12. The minimum Gasteiger partial charge on any atom is -0.481 e. The van der Waals surface area contributed by atoms with Gasteiger partial charge in [0.15, 0.2) is 5.43 Å². The van der Waals surface area contributed by atoms with Crippen LogP contribution in [-0.2, 0) is 11.2 Å². The first kappa shape index (κ1) is 13.3. The van der Waals surface area contributed by atoms with E-state index in [1.807, 2.05) is 0 Å². The van der Waals surface area contributed by atoms with E-state index in [2.05, 4.69) is 15.2 Å². The third-order valence-electron chi connectivity index (χ3n) is 3.09. The number of carboxylic acid groups (broad SMARTS) is 1. The van der Waals surface area contributed by atoms with Crippen molar-refractivity contribution in [1.82, 2.24) is 15.2 Å². The van der Waals surface area contributed by atoms with Crippen molar-refractivity contribution in [3.05, 3.63) is 49.5 Å². The Bertz CT molecular complexity index is 1010. The van der Waals surface area contributed by atoms with Crippen LogP contribution in [0.4, 0.5) is 0 Å². The first-order valence-corrected chi connectivity index (χ1v) is 6.30. The molecule has 8 heteroatoms. The number of aromatic amines is 2. The Hall–Kier alpha value is -2.67. The maximum Gasteiger partial charge on any atom is 0.309 e. The zero-order chi connectivity index (χ0) is 15.1. The quantitative estimate of drug-likeness (QED) is 0.654. The van der Waals surface area contributed by atoms with Crippen molar-refractivity contribution in [2.45, 2.75) is 6.42 Å². The van der Waals surface area contributed by atoms with Gasteiger partial charge in [-0.15, -0.1) is 0 Å². The summed E-state index contributed by atoms with van der Waals surface area (Å²) in [5, 5.41) is 15.6. The van der Waals surface area contributed by atoms with Crippen molar-refractivity contribution in [3.63, 3.8) is 0 Å². The van der Waals surface area contributed by atoms with E-state index in [1.165, 1.54) is 18.2 Å². The van der Waals surface area contributed by atoms with Crippen molar-refractivity contribution in [3.8, 4) is 0 Å². The lowest BCUT2D eigenvalue weighted by molar-refractivity contribution is -0.136. The molecule has 21 heavy (non-hydrogen) atoms. The Morgan fingerprint density at radius 1 is 1.33 bits per heavy atom. The topological polar surface area (TPSA) is 116 Å². The summed E-state index contributed by atoms with van der Waals surface area (Å²) in [5.41, 5.74) is -0.782. The minimum atomic E-state index is -1.14. The number of rotatable bonds is 2. The zero-order valence-electron chi connectivity index (χ0n) is 10.4. The van der Waals surface area contributed by atoms with Gasteiger partial charge in [0, 0.05) is 10.4 Å². The third kappa shape index (κ3) is 2.17. The molecule has 0 saturated carbocycles. The Labute approximate surface area is 121 Å². The first-order valence-electron chi connectivity index (χ1n) is 5.92. The smallest absolute Gasteiger partial charge is 0.309 e. The summed E-state index contributed by atoms with van der Waals surface area (Å²) in [6.07, 6.45) is -0.451. The van der Waals surface area contributed by atoms with Gasteiger partial charge in [-0.1, -0.05) is 11.6 Å². The van der Waals surface area contributed by atoms with Gasteiger partial charge in [0.25, 0.3) is 5.56 Å². The molecule has 0 bridgehead atoms. The summed E-state index contributed by atoms with van der Waals surface area (Å²) in [5.74, 6) is -1.14. The second-order valence-electron chi connectivity index (χ2n) is 4.46. The van der Waals surface area contributed by atoms with E-state index >= 15 is 0 Å². The maximum atomic E-state index is 12.6. The maximum absolute atomic E-state index is 12.6. The number of benzene rings is 1. The van der Waals surface area contributed by atoms with Crippen molar-refractivity contribution in [2.75, 3.05) is 0 Å². The molecular weight excluding hydrogens is 298 g/mol. The number of fused-ring (bicyclic) bond motifs is 2. The number of carboxylic acids is 1. The highest BCUT2D eigenvalue weighted by atomic mass is 35.5. The molecule has 0 saturated heterocycles. The summed E-state index contributed by atoms with van der Waals surface area (Å²) >= 11 is 5.85. The van der Waals surface area contributed by atoms with Gasteiger partial charge < -0.3 is 10.1 Å². The molecule has 2 aromatic heterocycles. The highest BCUT2D eigenvalue weighted by Crippen LogP contribution is 2.16. The van der Waals surface area contributed by atoms with Gasteiger partial charge in [0.2, 0.25) is 0 Å². The molecule has 7 nitrogen and oxygen atoms in total. The van der Waals surface area contributed by atoms with Crippen LogP contribution in [0.25, 0.3) is 21.8 Å². The van der Waals surface area contributed by atoms with Crippen LogP contribution in [0.15, 0.2) is 27.8 Å². The predicted octanol–water partition coefficient (Wildman–Crippen LogP) is 1.05. The summed E-state index contributed by atoms with van der Waals surface area (Å²) in [4.78, 5) is 38.0. The number of halogens is 1. The summed E-state index contributed by atoms with van der Waals surface area (Å²) in [7, 11) is 0. The average molecular weight is 306 g/mol. The van der Waals surface area contributed by atoms with Crippen molar-refractivity contribution in [1.29, 1.82) is 0 Å². The van der Waals surface area contributed by atoms with Gasteiger partial charge in [-0.25, -0.2) is 0 Å². The largest absolute Gasteiger partial charge is 0.481 e. The van der Waals surface area contributed by atoms with Crippen LogP contribution in [0, 0.1) is 0 Å². The van der Waals surface area contributed by atoms with Crippen LogP contribution in [0.2, 0.25) is 5.02 Å². The highest BCUT2D eigenvalue weighted by molar-refractivity contribution is 6.31. The Balaban J connectivity index is 2.55. The van der Waals surface area contributed by atoms with E-state index < -0.39 is 23.4 Å². The van der Waals surface area contributed by atoms with Crippen LogP contribution in [0.3, 0.4) is 0 Å². The lowest BCUT2D eigenvalue weighted by Crippen LogP contribution is -2.06. The molecule has 1 aromatic carbocycles. The Morgan fingerprint density at radius 3 is 2.81 bits per heavy atom. The molecule has 3 rings (SSSR count). The van der Waals surface area contributed by atoms with Gasteiger partial charge in [-0.3, -0.25) is 19.5 Å². The number of aromatic nitrogens is 3. The number of hydrogen-bond acceptors (Lipinski definition) is 4. The number of aliphatic carboxylic acids is 1. The van der Waals surface area contributed by atoms with E-state index in [1.54, 1.807) is 0 Å². The molecule has 0 unspecified atom stereocenters. The molecule has 0 aliphatic heterocycles. The van der Waals surface area contributed by atoms with Crippen LogP contribution < -0.4 is 11.0 Å². The molecule has 0 atom stereocenters. The molecular formula is C13H8ClN3O4. The molecule has 0 spiro atoms. The second kappa shape index (κ2) is 4.71. The Kier molecular flexibility index (Phi) is 2.99. The minimum absolute atomic E-state index is 0.0176. The van der Waals surface area contributed by atoms with Crippen molar-refractivity contribution in [2.24, 2.45) is 0 Å². The number of H-pyrrole nitrogens is 2. The molecule has 3 aromatic rings. The highest BCUT2D eigenvalue weighted by Gasteiger charge is 2.16. The van der Waals surface area contributed by atoms with Gasteiger partial charge in [-0.05, 0) is 18.2 Å². The lowest BCUT2D eigenvalue weighted by Gasteiger charge is -1.93. The summed E-state index contributed by atoms with van der Waals surface area (Å²) < 4.78 is 0. The van der Waals surface area contributed by atoms with E-state index in [0.717, 1.165) is 0 Å². The van der Waals surface area contributed by atoms with E-state index in [9.17, 15) is 14.4 Å². The molecule has 3 N–H and O–H groups in total. The summed E-state index contributed by atoms with van der Waals surface area (Å²) in [6.45, 7) is 0. The molecule has 106 valence electrons. The van der Waals surface area contributed by atoms with Gasteiger partial charge in [0.1, 0.15) is 5.52 Å². The van der Waals surface area contributed by atoms with E-state index in [4.69, 9.17) is 16.7 Å². The predicted molar refractivity (Wildman–Crippen MR) is 76.8 cm³/mol. The van der Waals surface area contributed by atoms with Crippen molar-refractivity contribution < 1.29 is 9.90 Å². The third-order valence-corrected chi connectivity index (χ3v) is 3.32. The first-order chi connectivity index (χ1) is 9.97.